The van der Waals surface area contributed by atoms with Crippen molar-refractivity contribution in [2.45, 2.75) is 25.6 Å². The van der Waals surface area contributed by atoms with Gasteiger partial charge in [-0.1, -0.05) is 18.2 Å². The number of pyridine rings is 1. The molecule has 0 aliphatic rings. The van der Waals surface area contributed by atoms with Gasteiger partial charge in [-0.05, 0) is 30.7 Å². The van der Waals surface area contributed by atoms with Crippen molar-refractivity contribution in [3.63, 3.8) is 0 Å². The number of hydrogen-bond donors (Lipinski definition) is 1. The number of aliphatic hydroxyl groups is 1. The second-order valence-corrected chi connectivity index (χ2v) is 6.28. The molecular weight excluding hydrogens is 358 g/mol. The summed E-state index contributed by atoms with van der Waals surface area (Å²) in [5.41, 5.74) is 2.56. The highest BCUT2D eigenvalue weighted by Gasteiger charge is 2.17. The van der Waals surface area contributed by atoms with E-state index in [4.69, 9.17) is 14.2 Å². The van der Waals surface area contributed by atoms with Crippen molar-refractivity contribution in [1.29, 1.82) is 0 Å². The Morgan fingerprint density at radius 1 is 1.04 bits per heavy atom. The molecule has 146 valence electrons. The lowest BCUT2D eigenvalue weighted by Crippen LogP contribution is -2.14. The third kappa shape index (κ3) is 4.75. The quantitative estimate of drug-likeness (QED) is 0.639. The first-order valence-electron chi connectivity index (χ1n) is 8.90. The number of ether oxygens (including phenoxy) is 3. The number of aromatic nitrogens is 3. The summed E-state index contributed by atoms with van der Waals surface area (Å²) >= 11 is 0. The van der Waals surface area contributed by atoms with E-state index in [1.54, 1.807) is 32.6 Å². The molecule has 3 rings (SSSR count). The lowest BCUT2D eigenvalue weighted by molar-refractivity contribution is 0.106. The summed E-state index contributed by atoms with van der Waals surface area (Å²) in [6.45, 7) is 1.74. The third-order valence-corrected chi connectivity index (χ3v) is 4.16. The molecule has 0 amide bonds. The molecule has 1 aromatic carbocycles. The largest absolute Gasteiger partial charge is 0.486 e. The first-order valence-corrected chi connectivity index (χ1v) is 8.90. The maximum atomic E-state index is 9.82. The van der Waals surface area contributed by atoms with Crippen molar-refractivity contribution >= 4 is 0 Å². The molecular formula is C21H23N3O4. The maximum Gasteiger partial charge on any atom is 0.319 e. The highest BCUT2D eigenvalue weighted by molar-refractivity contribution is 5.68. The molecule has 0 aliphatic heterocycles. The summed E-state index contributed by atoms with van der Waals surface area (Å²) < 4.78 is 16.5. The minimum absolute atomic E-state index is 0.248. The molecule has 7 nitrogen and oxygen atoms in total. The van der Waals surface area contributed by atoms with Gasteiger partial charge in [-0.2, -0.15) is 4.98 Å². The van der Waals surface area contributed by atoms with Crippen molar-refractivity contribution in [2.75, 3.05) is 14.2 Å². The molecule has 1 N–H and O–H groups in total. The van der Waals surface area contributed by atoms with E-state index in [1.165, 1.54) is 7.11 Å². The van der Waals surface area contributed by atoms with Gasteiger partial charge < -0.3 is 19.3 Å². The number of aliphatic hydroxyl groups excluding tert-OH is 1. The molecule has 0 radical (unpaired) electrons. The highest BCUT2D eigenvalue weighted by atomic mass is 16.5. The molecule has 0 saturated heterocycles. The van der Waals surface area contributed by atoms with Gasteiger partial charge in [-0.25, -0.2) is 4.98 Å². The monoisotopic (exact) mass is 381 g/mol. The fourth-order valence-corrected chi connectivity index (χ4v) is 2.81. The Labute approximate surface area is 164 Å². The molecule has 0 fully saturated rings. The number of benzene rings is 1. The Bertz CT molecular complexity index is 886. The Kier molecular flexibility index (Phi) is 6.39. The lowest BCUT2D eigenvalue weighted by atomic mass is 10.1. The topological polar surface area (TPSA) is 86.6 Å². The van der Waals surface area contributed by atoms with Crippen LogP contribution in [0.2, 0.25) is 0 Å². The SMILES string of the molecule is COc1ncc(-c2ccc(OC(C[C@@H](C)O)c3cccnc3)cc2)c(OC)n1. The van der Waals surface area contributed by atoms with Gasteiger partial charge in [-0.15, -0.1) is 0 Å². The smallest absolute Gasteiger partial charge is 0.319 e. The Morgan fingerprint density at radius 3 is 2.43 bits per heavy atom. The van der Waals surface area contributed by atoms with Gasteiger partial charge in [0.15, 0.2) is 0 Å². The van der Waals surface area contributed by atoms with Crippen LogP contribution in [0.25, 0.3) is 11.1 Å². The molecule has 1 unspecified atom stereocenters. The van der Waals surface area contributed by atoms with E-state index in [-0.39, 0.29) is 12.1 Å². The van der Waals surface area contributed by atoms with Crippen LogP contribution >= 0.6 is 0 Å². The van der Waals surface area contributed by atoms with Crippen LogP contribution in [0.4, 0.5) is 0 Å². The average Bonchev–Trinajstić information content (AvgIpc) is 2.73. The zero-order chi connectivity index (χ0) is 19.9. The molecule has 0 aliphatic carbocycles. The molecule has 3 aromatic rings. The molecule has 28 heavy (non-hydrogen) atoms. The summed E-state index contributed by atoms with van der Waals surface area (Å²) in [6.07, 6.45) is 4.80. The Morgan fingerprint density at radius 2 is 1.82 bits per heavy atom. The minimum Gasteiger partial charge on any atom is -0.486 e. The van der Waals surface area contributed by atoms with E-state index in [0.717, 1.165) is 16.7 Å². The second kappa shape index (κ2) is 9.14. The Balaban J connectivity index is 1.82. The number of methoxy groups -OCH3 is 2. The standard InChI is InChI=1S/C21H23N3O4/c1-14(25)11-19(16-5-4-10-22-12-16)28-17-8-6-15(7-9-17)18-13-23-21(27-3)24-20(18)26-2/h4-10,12-14,19,25H,11H2,1-3H3/t14-,19?/m1/s1. The van der Waals surface area contributed by atoms with Crippen LogP contribution in [0.1, 0.15) is 25.0 Å². The van der Waals surface area contributed by atoms with E-state index in [9.17, 15) is 5.11 Å². The summed E-state index contributed by atoms with van der Waals surface area (Å²) in [6, 6.07) is 11.6. The predicted octanol–water partition coefficient (Wildman–Crippen LogP) is 3.45. The van der Waals surface area contributed by atoms with Crippen molar-refractivity contribution in [1.82, 2.24) is 15.0 Å². The number of rotatable bonds is 8. The van der Waals surface area contributed by atoms with Gasteiger partial charge in [0.25, 0.3) is 0 Å². The predicted molar refractivity (Wildman–Crippen MR) is 104 cm³/mol. The van der Waals surface area contributed by atoms with Crippen LogP contribution in [-0.2, 0) is 0 Å². The first kappa shape index (κ1) is 19.6. The van der Waals surface area contributed by atoms with Crippen molar-refractivity contribution in [3.8, 4) is 28.8 Å². The minimum atomic E-state index is -0.495. The molecule has 0 bridgehead atoms. The van der Waals surface area contributed by atoms with E-state index >= 15 is 0 Å². The summed E-state index contributed by atoms with van der Waals surface area (Å²) in [4.78, 5) is 12.5. The van der Waals surface area contributed by atoms with Gasteiger partial charge >= 0.3 is 6.01 Å². The normalized spacial score (nSPS) is 12.9. The maximum absolute atomic E-state index is 9.82. The molecule has 2 atom stereocenters. The first-order chi connectivity index (χ1) is 13.6. The van der Waals surface area contributed by atoms with Crippen molar-refractivity contribution in [2.24, 2.45) is 0 Å². The molecule has 2 heterocycles. The highest BCUT2D eigenvalue weighted by Crippen LogP contribution is 2.32. The fraction of sp³-hybridized carbons (Fsp3) is 0.286. The van der Waals surface area contributed by atoms with Gasteiger partial charge in [-0.3, -0.25) is 4.98 Å². The van der Waals surface area contributed by atoms with E-state index < -0.39 is 6.10 Å². The molecule has 7 heteroatoms. The summed E-state index contributed by atoms with van der Waals surface area (Å²) in [5.74, 6) is 1.12. The van der Waals surface area contributed by atoms with Gasteiger partial charge in [0.1, 0.15) is 11.9 Å². The second-order valence-electron chi connectivity index (χ2n) is 6.28. The average molecular weight is 381 g/mol. The van der Waals surface area contributed by atoms with Crippen LogP contribution in [-0.4, -0.2) is 40.4 Å². The van der Waals surface area contributed by atoms with Crippen LogP contribution in [0, 0.1) is 0 Å². The molecule has 0 spiro atoms. The summed E-state index contributed by atoms with van der Waals surface area (Å²) in [7, 11) is 3.06. The number of nitrogens with zero attached hydrogens (tertiary/aromatic N) is 3. The molecule has 0 saturated carbocycles. The van der Waals surface area contributed by atoms with Gasteiger partial charge in [0.05, 0.1) is 25.9 Å². The van der Waals surface area contributed by atoms with Crippen LogP contribution in [0.15, 0.2) is 55.0 Å². The van der Waals surface area contributed by atoms with Crippen LogP contribution in [0.3, 0.4) is 0 Å². The molecule has 2 aromatic heterocycles. The summed E-state index contributed by atoms with van der Waals surface area (Å²) in [5, 5.41) is 9.82. The van der Waals surface area contributed by atoms with Gasteiger partial charge in [0.2, 0.25) is 5.88 Å². The van der Waals surface area contributed by atoms with E-state index in [2.05, 4.69) is 15.0 Å². The van der Waals surface area contributed by atoms with Crippen LogP contribution < -0.4 is 14.2 Å². The van der Waals surface area contributed by atoms with E-state index in [0.29, 0.717) is 18.1 Å². The van der Waals surface area contributed by atoms with E-state index in [1.807, 2.05) is 36.4 Å². The van der Waals surface area contributed by atoms with Crippen molar-refractivity contribution < 1.29 is 19.3 Å². The zero-order valence-corrected chi connectivity index (χ0v) is 16.1. The van der Waals surface area contributed by atoms with Gasteiger partial charge in [0, 0.05) is 30.6 Å². The van der Waals surface area contributed by atoms with Crippen molar-refractivity contribution in [3.05, 3.63) is 60.6 Å². The van der Waals surface area contributed by atoms with Crippen LogP contribution in [0.5, 0.6) is 17.6 Å². The zero-order valence-electron chi connectivity index (χ0n) is 16.1. The fourth-order valence-electron chi connectivity index (χ4n) is 2.81. The third-order valence-electron chi connectivity index (χ3n) is 4.16. The Hall–Kier alpha value is -3.19. The number of hydrogen-bond acceptors (Lipinski definition) is 7. The lowest BCUT2D eigenvalue weighted by Gasteiger charge is -2.21.